The zero-order chi connectivity index (χ0) is 13.7. The van der Waals surface area contributed by atoms with E-state index in [2.05, 4.69) is 4.98 Å². The third-order valence-corrected chi connectivity index (χ3v) is 6.56. The Morgan fingerprint density at radius 3 is 2.58 bits per heavy atom. The van der Waals surface area contributed by atoms with Gasteiger partial charge in [0.15, 0.2) is 0 Å². The van der Waals surface area contributed by atoms with Gasteiger partial charge < -0.3 is 0 Å². The van der Waals surface area contributed by atoms with E-state index >= 15 is 0 Å². The van der Waals surface area contributed by atoms with E-state index in [1.165, 1.54) is 25.5 Å². The van der Waals surface area contributed by atoms with E-state index in [4.69, 9.17) is 0 Å². The summed E-state index contributed by atoms with van der Waals surface area (Å²) in [7, 11) is -3.38. The van der Waals surface area contributed by atoms with E-state index in [-0.39, 0.29) is 11.5 Å². The minimum absolute atomic E-state index is 0.103. The maximum Gasteiger partial charge on any atom is 0.244 e. The molecule has 0 bridgehead atoms. The highest BCUT2D eigenvalue weighted by atomic mass is 32.2. The summed E-state index contributed by atoms with van der Waals surface area (Å²) in [5.41, 5.74) is 1.11. The number of nitrogens with zero attached hydrogens (tertiary/aromatic N) is 2. The van der Waals surface area contributed by atoms with Gasteiger partial charge in [0, 0.05) is 24.5 Å². The summed E-state index contributed by atoms with van der Waals surface area (Å²) in [5.74, 6) is 0. The molecule has 5 heteroatoms. The fourth-order valence-corrected chi connectivity index (χ4v) is 5.07. The molecule has 4 nitrogen and oxygen atoms in total. The van der Waals surface area contributed by atoms with Crippen LogP contribution in [0.5, 0.6) is 0 Å². The van der Waals surface area contributed by atoms with Crippen LogP contribution < -0.4 is 0 Å². The first-order valence-corrected chi connectivity index (χ1v) is 8.32. The van der Waals surface area contributed by atoms with E-state index in [0.29, 0.717) is 11.4 Å². The number of sulfonamides is 1. The van der Waals surface area contributed by atoms with Crippen molar-refractivity contribution in [3.05, 3.63) is 24.0 Å². The first kappa shape index (κ1) is 13.1. The SMILES string of the molecule is Cc1ccc(S(=O)(=O)N2CC3(CCC3)CC2C)cn1. The Hall–Kier alpha value is -0.940. The lowest BCUT2D eigenvalue weighted by Crippen LogP contribution is -2.37. The lowest BCUT2D eigenvalue weighted by atomic mass is 9.68. The van der Waals surface area contributed by atoms with Crippen LogP contribution in [0.2, 0.25) is 0 Å². The van der Waals surface area contributed by atoms with E-state index < -0.39 is 10.0 Å². The monoisotopic (exact) mass is 280 g/mol. The van der Waals surface area contributed by atoms with Crippen LogP contribution in [-0.2, 0) is 10.0 Å². The summed E-state index contributed by atoms with van der Waals surface area (Å²) in [6, 6.07) is 3.52. The highest BCUT2D eigenvalue weighted by Crippen LogP contribution is 2.51. The molecule has 1 spiro atoms. The smallest absolute Gasteiger partial charge is 0.244 e. The van der Waals surface area contributed by atoms with Crippen molar-refractivity contribution < 1.29 is 8.42 Å². The van der Waals surface area contributed by atoms with Crippen LogP contribution in [0.1, 0.15) is 38.3 Å². The molecule has 1 aromatic heterocycles. The predicted molar refractivity (Wildman–Crippen MR) is 73.2 cm³/mol. The molecular weight excluding hydrogens is 260 g/mol. The molecule has 0 radical (unpaired) electrons. The fourth-order valence-electron chi connectivity index (χ4n) is 3.38. The van der Waals surface area contributed by atoms with Crippen LogP contribution in [0, 0.1) is 12.3 Å². The van der Waals surface area contributed by atoms with Crippen molar-refractivity contribution >= 4 is 10.0 Å². The van der Waals surface area contributed by atoms with Gasteiger partial charge >= 0.3 is 0 Å². The van der Waals surface area contributed by atoms with Gasteiger partial charge in [-0.3, -0.25) is 4.98 Å². The molecule has 104 valence electrons. The van der Waals surface area contributed by atoms with Crippen molar-refractivity contribution in [2.24, 2.45) is 5.41 Å². The van der Waals surface area contributed by atoms with E-state index in [9.17, 15) is 8.42 Å². The van der Waals surface area contributed by atoms with Crippen LogP contribution in [0.15, 0.2) is 23.2 Å². The summed E-state index contributed by atoms with van der Waals surface area (Å²) in [5, 5.41) is 0. The standard InChI is InChI=1S/C14H20N2O2S/c1-11-4-5-13(9-15-11)19(17,18)16-10-14(6-3-7-14)8-12(16)2/h4-5,9,12H,3,6-8,10H2,1-2H3. The summed E-state index contributed by atoms with van der Waals surface area (Å²) < 4.78 is 27.0. The number of aromatic nitrogens is 1. The molecule has 0 N–H and O–H groups in total. The molecule has 1 aliphatic carbocycles. The maximum atomic E-state index is 12.7. The zero-order valence-electron chi connectivity index (χ0n) is 11.5. The van der Waals surface area contributed by atoms with Crippen LogP contribution in [0.4, 0.5) is 0 Å². The lowest BCUT2D eigenvalue weighted by molar-refractivity contribution is 0.152. The molecule has 2 aliphatic rings. The second-order valence-corrected chi connectivity index (χ2v) is 7.98. The van der Waals surface area contributed by atoms with Gasteiger partial charge in [0.25, 0.3) is 0 Å². The van der Waals surface area contributed by atoms with Gasteiger partial charge in [-0.15, -0.1) is 0 Å². The van der Waals surface area contributed by atoms with Gasteiger partial charge in [-0.25, -0.2) is 8.42 Å². The average Bonchev–Trinajstić information content (AvgIpc) is 2.68. The Labute approximate surface area is 114 Å². The van der Waals surface area contributed by atoms with Gasteiger partial charge in [-0.05, 0) is 50.7 Å². The van der Waals surface area contributed by atoms with Gasteiger partial charge in [-0.2, -0.15) is 4.31 Å². The minimum Gasteiger partial charge on any atom is -0.260 e. The molecule has 1 aromatic rings. The predicted octanol–water partition coefficient (Wildman–Crippen LogP) is 2.34. The van der Waals surface area contributed by atoms with Crippen molar-refractivity contribution in [3.63, 3.8) is 0 Å². The van der Waals surface area contributed by atoms with Crippen molar-refractivity contribution in [1.82, 2.24) is 9.29 Å². The molecule has 3 rings (SSSR count). The zero-order valence-corrected chi connectivity index (χ0v) is 12.3. The lowest BCUT2D eigenvalue weighted by Gasteiger charge is -2.38. The third kappa shape index (κ3) is 2.09. The number of hydrogen-bond acceptors (Lipinski definition) is 3. The molecule has 0 aromatic carbocycles. The Morgan fingerprint density at radius 1 is 1.37 bits per heavy atom. The van der Waals surface area contributed by atoms with E-state index in [1.54, 1.807) is 16.4 Å². The van der Waals surface area contributed by atoms with Crippen LogP contribution in [0.3, 0.4) is 0 Å². The highest BCUT2D eigenvalue weighted by molar-refractivity contribution is 7.89. The molecule has 2 heterocycles. The van der Waals surface area contributed by atoms with Crippen molar-refractivity contribution in [2.45, 2.75) is 50.5 Å². The third-order valence-electron chi connectivity index (χ3n) is 4.62. The summed E-state index contributed by atoms with van der Waals surface area (Å²) >= 11 is 0. The molecule has 1 unspecified atom stereocenters. The quantitative estimate of drug-likeness (QED) is 0.835. The second-order valence-electron chi connectivity index (χ2n) is 6.09. The largest absolute Gasteiger partial charge is 0.260 e. The first-order valence-electron chi connectivity index (χ1n) is 6.88. The van der Waals surface area contributed by atoms with Crippen LogP contribution in [-0.4, -0.2) is 30.3 Å². The minimum atomic E-state index is -3.38. The second kappa shape index (κ2) is 4.28. The Bertz CT molecular complexity index is 576. The first-order chi connectivity index (χ1) is 8.93. The Morgan fingerprint density at radius 2 is 2.11 bits per heavy atom. The average molecular weight is 280 g/mol. The molecule has 1 saturated heterocycles. The van der Waals surface area contributed by atoms with E-state index in [1.807, 2.05) is 13.8 Å². The highest BCUT2D eigenvalue weighted by Gasteiger charge is 2.49. The normalized spacial score (nSPS) is 26.5. The molecule has 2 fully saturated rings. The van der Waals surface area contributed by atoms with Gasteiger partial charge in [0.1, 0.15) is 4.90 Å². The van der Waals surface area contributed by atoms with Gasteiger partial charge in [0.05, 0.1) is 0 Å². The summed E-state index contributed by atoms with van der Waals surface area (Å²) in [6.45, 7) is 4.56. The van der Waals surface area contributed by atoms with Crippen molar-refractivity contribution in [3.8, 4) is 0 Å². The molecule has 0 amide bonds. The van der Waals surface area contributed by atoms with Crippen LogP contribution >= 0.6 is 0 Å². The molecule has 1 atom stereocenters. The number of hydrogen-bond donors (Lipinski definition) is 0. The topological polar surface area (TPSA) is 50.3 Å². The number of aryl methyl sites for hydroxylation is 1. The molecule has 1 saturated carbocycles. The van der Waals surface area contributed by atoms with Crippen LogP contribution in [0.25, 0.3) is 0 Å². The number of pyridine rings is 1. The molecular formula is C14H20N2O2S. The number of rotatable bonds is 2. The summed E-state index contributed by atoms with van der Waals surface area (Å²) in [4.78, 5) is 4.43. The fraction of sp³-hybridized carbons (Fsp3) is 0.643. The van der Waals surface area contributed by atoms with Gasteiger partial charge in [0.2, 0.25) is 10.0 Å². The van der Waals surface area contributed by atoms with Crippen molar-refractivity contribution in [2.75, 3.05) is 6.54 Å². The maximum absolute atomic E-state index is 12.7. The Balaban J connectivity index is 1.90. The molecule has 1 aliphatic heterocycles. The molecule has 19 heavy (non-hydrogen) atoms. The van der Waals surface area contributed by atoms with E-state index in [0.717, 1.165) is 12.1 Å². The summed E-state index contributed by atoms with van der Waals surface area (Å²) in [6.07, 6.45) is 6.08. The van der Waals surface area contributed by atoms with Crippen molar-refractivity contribution in [1.29, 1.82) is 0 Å². The van der Waals surface area contributed by atoms with Gasteiger partial charge in [-0.1, -0.05) is 6.42 Å². The Kier molecular flexibility index (Phi) is 2.94.